The Kier molecular flexibility index (Phi) is 6.29. The number of piperidine rings is 1. The predicted molar refractivity (Wildman–Crippen MR) is 69.9 cm³/mol. The second kappa shape index (κ2) is 7.50. The first-order valence-electron chi connectivity index (χ1n) is 6.63. The van der Waals surface area contributed by atoms with Crippen molar-refractivity contribution < 1.29 is 5.21 Å². The summed E-state index contributed by atoms with van der Waals surface area (Å²) in [6.07, 6.45) is 6.57. The fourth-order valence-corrected chi connectivity index (χ4v) is 2.42. The third kappa shape index (κ3) is 4.91. The van der Waals surface area contributed by atoms with E-state index < -0.39 is 0 Å². The number of hydrogen-bond donors (Lipinski definition) is 3. The molecule has 0 aromatic heterocycles. The Morgan fingerprint density at radius 3 is 2.59 bits per heavy atom. The van der Waals surface area contributed by atoms with Gasteiger partial charge in [-0.15, -0.1) is 0 Å². The molecule has 1 saturated heterocycles. The molecule has 0 aromatic carbocycles. The lowest BCUT2D eigenvalue weighted by Gasteiger charge is -2.39. The zero-order valence-corrected chi connectivity index (χ0v) is 11.0. The van der Waals surface area contributed by atoms with Crippen LogP contribution in [-0.2, 0) is 0 Å². The van der Waals surface area contributed by atoms with Crippen molar-refractivity contribution in [1.29, 1.82) is 0 Å². The van der Waals surface area contributed by atoms with Gasteiger partial charge >= 0.3 is 0 Å². The Morgan fingerprint density at radius 1 is 1.35 bits per heavy atom. The van der Waals surface area contributed by atoms with E-state index in [1.165, 1.54) is 19.3 Å². The summed E-state index contributed by atoms with van der Waals surface area (Å²) in [5, 5.41) is 13.7. The molecule has 1 rings (SSSR count). The fourth-order valence-electron chi connectivity index (χ4n) is 2.42. The monoisotopic (exact) mass is 242 g/mol. The maximum absolute atomic E-state index is 8.40. The molecule has 4 N–H and O–H groups in total. The van der Waals surface area contributed by atoms with E-state index in [2.05, 4.69) is 29.4 Å². The minimum Gasteiger partial charge on any atom is -0.409 e. The number of amidine groups is 1. The van der Waals surface area contributed by atoms with Gasteiger partial charge in [0.1, 0.15) is 5.84 Å². The topological polar surface area (TPSA) is 73.9 Å². The number of rotatable bonds is 6. The van der Waals surface area contributed by atoms with Crippen LogP contribution in [0.1, 0.15) is 52.4 Å². The Morgan fingerprint density at radius 2 is 2.00 bits per heavy atom. The van der Waals surface area contributed by atoms with Gasteiger partial charge in [0.15, 0.2) is 0 Å². The zero-order chi connectivity index (χ0) is 12.7. The molecule has 100 valence electrons. The SMILES string of the molecule is CC1CCCC(C)N1NCCCCC(N)=NO. The van der Waals surface area contributed by atoms with E-state index in [4.69, 9.17) is 10.9 Å². The van der Waals surface area contributed by atoms with E-state index >= 15 is 0 Å². The third-order valence-electron chi connectivity index (χ3n) is 3.48. The summed E-state index contributed by atoms with van der Waals surface area (Å²) in [5.41, 5.74) is 8.91. The van der Waals surface area contributed by atoms with Crippen LogP contribution in [0.15, 0.2) is 5.16 Å². The molecule has 0 aliphatic carbocycles. The molecule has 0 aromatic rings. The first-order valence-corrected chi connectivity index (χ1v) is 6.63. The highest BCUT2D eigenvalue weighted by Gasteiger charge is 2.23. The minimum absolute atomic E-state index is 0.324. The van der Waals surface area contributed by atoms with E-state index in [9.17, 15) is 0 Å². The predicted octanol–water partition coefficient (Wildman–Crippen LogP) is 1.67. The summed E-state index contributed by atoms with van der Waals surface area (Å²) in [5.74, 6) is 0.324. The Bertz CT molecular complexity index is 235. The van der Waals surface area contributed by atoms with E-state index in [1.807, 2.05) is 0 Å². The summed E-state index contributed by atoms with van der Waals surface area (Å²) < 4.78 is 0. The van der Waals surface area contributed by atoms with Crippen LogP contribution in [0.25, 0.3) is 0 Å². The first kappa shape index (κ1) is 14.3. The molecule has 5 nitrogen and oxygen atoms in total. The van der Waals surface area contributed by atoms with E-state index in [-0.39, 0.29) is 0 Å². The molecular weight excluding hydrogens is 216 g/mol. The second-order valence-corrected chi connectivity index (χ2v) is 4.99. The summed E-state index contributed by atoms with van der Waals surface area (Å²) in [7, 11) is 0. The second-order valence-electron chi connectivity index (χ2n) is 4.99. The quantitative estimate of drug-likeness (QED) is 0.218. The molecule has 0 bridgehead atoms. The highest BCUT2D eigenvalue weighted by molar-refractivity contribution is 5.79. The molecule has 1 heterocycles. The normalized spacial score (nSPS) is 27.3. The Labute approximate surface area is 104 Å². The van der Waals surface area contributed by atoms with Gasteiger partial charge in [0.05, 0.1) is 0 Å². The highest BCUT2D eigenvalue weighted by Crippen LogP contribution is 2.20. The van der Waals surface area contributed by atoms with Crippen LogP contribution in [0.3, 0.4) is 0 Å². The number of nitrogens with one attached hydrogen (secondary N) is 1. The van der Waals surface area contributed by atoms with Crippen molar-refractivity contribution in [2.45, 2.75) is 64.5 Å². The Balaban J connectivity index is 2.12. The third-order valence-corrected chi connectivity index (χ3v) is 3.48. The van der Waals surface area contributed by atoms with Gasteiger partial charge in [-0.3, -0.25) is 5.43 Å². The molecule has 0 radical (unpaired) electrons. The number of unbranched alkanes of at least 4 members (excludes halogenated alkanes) is 1. The van der Waals surface area contributed by atoms with Crippen LogP contribution in [-0.4, -0.2) is 34.7 Å². The zero-order valence-electron chi connectivity index (χ0n) is 11.0. The van der Waals surface area contributed by atoms with E-state index in [0.29, 0.717) is 24.3 Å². The van der Waals surface area contributed by atoms with Crippen LogP contribution in [0.2, 0.25) is 0 Å². The van der Waals surface area contributed by atoms with Gasteiger partial charge < -0.3 is 10.9 Å². The molecule has 2 atom stereocenters. The van der Waals surface area contributed by atoms with Crippen molar-refractivity contribution in [2.75, 3.05) is 6.54 Å². The number of oxime groups is 1. The molecular formula is C12H26N4O. The smallest absolute Gasteiger partial charge is 0.139 e. The van der Waals surface area contributed by atoms with Crippen LogP contribution in [0.4, 0.5) is 0 Å². The summed E-state index contributed by atoms with van der Waals surface area (Å²) in [6.45, 7) is 5.52. The number of nitrogens with zero attached hydrogens (tertiary/aromatic N) is 2. The van der Waals surface area contributed by atoms with Gasteiger partial charge in [0, 0.05) is 25.0 Å². The minimum atomic E-state index is 0.324. The molecule has 2 unspecified atom stereocenters. The maximum Gasteiger partial charge on any atom is 0.139 e. The molecule has 0 saturated carbocycles. The van der Waals surface area contributed by atoms with Gasteiger partial charge in [-0.05, 0) is 39.5 Å². The van der Waals surface area contributed by atoms with Crippen LogP contribution >= 0.6 is 0 Å². The molecule has 1 fully saturated rings. The van der Waals surface area contributed by atoms with Gasteiger partial charge in [0.25, 0.3) is 0 Å². The van der Waals surface area contributed by atoms with Crippen molar-refractivity contribution in [3.63, 3.8) is 0 Å². The van der Waals surface area contributed by atoms with Crippen LogP contribution in [0, 0.1) is 0 Å². The lowest BCUT2D eigenvalue weighted by Crippen LogP contribution is -2.52. The molecule has 17 heavy (non-hydrogen) atoms. The van der Waals surface area contributed by atoms with Crippen molar-refractivity contribution >= 4 is 5.84 Å². The van der Waals surface area contributed by atoms with Gasteiger partial charge in [0.2, 0.25) is 0 Å². The standard InChI is InChI=1S/C12H26N4O/c1-10-6-5-7-11(2)16(10)14-9-4-3-8-12(13)15-17/h10-11,14,17H,3-9H2,1-2H3,(H2,13,15). The number of nitrogens with two attached hydrogens (primary N) is 1. The molecule has 0 amide bonds. The summed E-state index contributed by atoms with van der Waals surface area (Å²) in [4.78, 5) is 0. The number of hydrazine groups is 1. The van der Waals surface area contributed by atoms with Crippen molar-refractivity contribution in [2.24, 2.45) is 10.9 Å². The molecule has 1 aliphatic rings. The number of hydrogen-bond acceptors (Lipinski definition) is 4. The highest BCUT2D eigenvalue weighted by atomic mass is 16.4. The summed E-state index contributed by atoms with van der Waals surface area (Å²) in [6, 6.07) is 1.26. The molecule has 1 aliphatic heterocycles. The van der Waals surface area contributed by atoms with Gasteiger partial charge in [-0.2, -0.15) is 0 Å². The maximum atomic E-state index is 8.40. The van der Waals surface area contributed by atoms with E-state index in [1.54, 1.807) is 0 Å². The lowest BCUT2D eigenvalue weighted by atomic mass is 10.00. The average Bonchev–Trinajstić information content (AvgIpc) is 2.31. The van der Waals surface area contributed by atoms with Crippen LogP contribution < -0.4 is 11.2 Å². The fraction of sp³-hybridized carbons (Fsp3) is 0.917. The first-order chi connectivity index (χ1) is 8.15. The van der Waals surface area contributed by atoms with Gasteiger partial charge in [-0.25, -0.2) is 5.01 Å². The Hall–Kier alpha value is -0.810. The van der Waals surface area contributed by atoms with Crippen LogP contribution in [0.5, 0.6) is 0 Å². The van der Waals surface area contributed by atoms with Crippen molar-refractivity contribution in [1.82, 2.24) is 10.4 Å². The van der Waals surface area contributed by atoms with Crippen molar-refractivity contribution in [3.05, 3.63) is 0 Å². The average molecular weight is 242 g/mol. The van der Waals surface area contributed by atoms with Gasteiger partial charge in [-0.1, -0.05) is 11.6 Å². The molecule has 5 heteroatoms. The van der Waals surface area contributed by atoms with E-state index in [0.717, 1.165) is 19.4 Å². The largest absolute Gasteiger partial charge is 0.409 e. The lowest BCUT2D eigenvalue weighted by molar-refractivity contribution is 0.0460. The molecule has 0 spiro atoms. The summed E-state index contributed by atoms with van der Waals surface area (Å²) >= 11 is 0. The van der Waals surface area contributed by atoms with Crippen molar-refractivity contribution in [3.8, 4) is 0 Å².